The normalized spacial score (nSPS) is 14.1. The molecule has 1 amide bonds. The van der Waals surface area contributed by atoms with Gasteiger partial charge in [0.2, 0.25) is 0 Å². The standard InChI is InChI=1S/C25H21FN4O/c26-20-10-8-19(9-11-20)23-12-13-24(28-27-23)29-14-16-30(17-15-29)25(31)22-7-3-5-18-4-1-2-6-21(18)22/h1-13H,14-17H2. The van der Waals surface area contributed by atoms with Gasteiger partial charge in [-0.25, -0.2) is 4.39 Å². The third-order valence-corrected chi connectivity index (χ3v) is 5.70. The first-order valence-corrected chi connectivity index (χ1v) is 10.3. The molecule has 0 unspecified atom stereocenters. The summed E-state index contributed by atoms with van der Waals surface area (Å²) in [6, 6.07) is 23.9. The molecule has 154 valence electrons. The minimum absolute atomic E-state index is 0.0641. The molecule has 5 nitrogen and oxygen atoms in total. The Bertz CT molecular complexity index is 1210. The zero-order valence-electron chi connectivity index (χ0n) is 16.9. The number of hydrogen-bond donors (Lipinski definition) is 0. The van der Waals surface area contributed by atoms with Crippen LogP contribution < -0.4 is 4.90 Å². The topological polar surface area (TPSA) is 49.3 Å². The summed E-state index contributed by atoms with van der Waals surface area (Å²) in [5.74, 6) is 0.571. The number of halogens is 1. The van der Waals surface area contributed by atoms with E-state index in [1.165, 1.54) is 12.1 Å². The molecule has 0 atom stereocenters. The number of benzene rings is 3. The Kier molecular flexibility index (Phi) is 5.04. The molecular formula is C25H21FN4O. The zero-order chi connectivity index (χ0) is 21.2. The fraction of sp³-hybridized carbons (Fsp3) is 0.160. The van der Waals surface area contributed by atoms with Crippen LogP contribution in [0.15, 0.2) is 78.9 Å². The van der Waals surface area contributed by atoms with Crippen molar-refractivity contribution in [3.63, 3.8) is 0 Å². The van der Waals surface area contributed by atoms with Gasteiger partial charge in [0.1, 0.15) is 5.82 Å². The number of hydrogen-bond acceptors (Lipinski definition) is 4. The van der Waals surface area contributed by atoms with Gasteiger partial charge in [0.25, 0.3) is 5.91 Å². The summed E-state index contributed by atoms with van der Waals surface area (Å²) in [5.41, 5.74) is 2.27. The number of carbonyl (C=O) groups excluding carboxylic acids is 1. The molecule has 1 saturated heterocycles. The highest BCUT2D eigenvalue weighted by Crippen LogP contribution is 2.22. The molecule has 5 rings (SSSR count). The molecule has 0 aliphatic carbocycles. The Morgan fingerprint density at radius 1 is 0.774 bits per heavy atom. The summed E-state index contributed by atoms with van der Waals surface area (Å²) < 4.78 is 13.1. The highest BCUT2D eigenvalue weighted by molar-refractivity contribution is 6.07. The van der Waals surface area contributed by atoms with Gasteiger partial charge in [-0.15, -0.1) is 10.2 Å². The van der Waals surface area contributed by atoms with E-state index in [0.717, 1.165) is 27.7 Å². The molecule has 1 aliphatic heterocycles. The van der Waals surface area contributed by atoms with Crippen LogP contribution in [0, 0.1) is 5.82 Å². The Morgan fingerprint density at radius 2 is 1.52 bits per heavy atom. The van der Waals surface area contributed by atoms with E-state index in [4.69, 9.17) is 0 Å². The first kappa shape index (κ1) is 19.2. The van der Waals surface area contributed by atoms with Gasteiger partial charge >= 0.3 is 0 Å². The number of fused-ring (bicyclic) bond motifs is 1. The number of piperazine rings is 1. The Labute approximate surface area is 179 Å². The maximum Gasteiger partial charge on any atom is 0.254 e. The first-order valence-electron chi connectivity index (χ1n) is 10.3. The molecule has 0 N–H and O–H groups in total. The number of amides is 1. The van der Waals surface area contributed by atoms with Crippen LogP contribution in [0.2, 0.25) is 0 Å². The van der Waals surface area contributed by atoms with Crippen molar-refractivity contribution < 1.29 is 9.18 Å². The minimum atomic E-state index is -0.274. The van der Waals surface area contributed by atoms with Gasteiger partial charge in [-0.05, 0) is 53.2 Å². The second kappa shape index (κ2) is 8.14. The average Bonchev–Trinajstić information content (AvgIpc) is 2.84. The Balaban J connectivity index is 1.27. The lowest BCUT2D eigenvalue weighted by atomic mass is 10.0. The average molecular weight is 412 g/mol. The van der Waals surface area contributed by atoms with Crippen LogP contribution in [0.25, 0.3) is 22.0 Å². The van der Waals surface area contributed by atoms with Crippen LogP contribution >= 0.6 is 0 Å². The van der Waals surface area contributed by atoms with Gasteiger partial charge in [0.15, 0.2) is 5.82 Å². The second-order valence-corrected chi connectivity index (χ2v) is 7.59. The highest BCUT2D eigenvalue weighted by Gasteiger charge is 2.24. The molecule has 4 aromatic rings. The van der Waals surface area contributed by atoms with Gasteiger partial charge in [-0.2, -0.15) is 0 Å². The van der Waals surface area contributed by atoms with E-state index in [2.05, 4.69) is 15.1 Å². The molecule has 6 heteroatoms. The Hall–Kier alpha value is -3.80. The molecule has 0 radical (unpaired) electrons. The monoisotopic (exact) mass is 412 g/mol. The van der Waals surface area contributed by atoms with Crippen molar-refractivity contribution in [2.45, 2.75) is 0 Å². The van der Waals surface area contributed by atoms with Crippen LogP contribution in [-0.4, -0.2) is 47.2 Å². The molecule has 1 aromatic heterocycles. The molecule has 31 heavy (non-hydrogen) atoms. The van der Waals surface area contributed by atoms with Crippen molar-refractivity contribution in [2.24, 2.45) is 0 Å². The van der Waals surface area contributed by atoms with Gasteiger partial charge in [-0.1, -0.05) is 36.4 Å². The van der Waals surface area contributed by atoms with Crippen LogP contribution in [-0.2, 0) is 0 Å². The van der Waals surface area contributed by atoms with Crippen LogP contribution in [0.3, 0.4) is 0 Å². The van der Waals surface area contributed by atoms with E-state index in [9.17, 15) is 9.18 Å². The third kappa shape index (κ3) is 3.84. The SMILES string of the molecule is O=C(c1cccc2ccccc12)N1CCN(c2ccc(-c3ccc(F)cc3)nn2)CC1. The molecule has 3 aromatic carbocycles. The van der Waals surface area contributed by atoms with Crippen LogP contribution in [0.4, 0.5) is 10.2 Å². The van der Waals surface area contributed by atoms with Crippen molar-refractivity contribution in [3.8, 4) is 11.3 Å². The third-order valence-electron chi connectivity index (χ3n) is 5.70. The lowest BCUT2D eigenvalue weighted by molar-refractivity contribution is 0.0748. The molecular weight excluding hydrogens is 391 g/mol. The molecule has 0 bridgehead atoms. The van der Waals surface area contributed by atoms with E-state index in [1.807, 2.05) is 59.5 Å². The number of nitrogens with zero attached hydrogens (tertiary/aromatic N) is 4. The molecule has 0 saturated carbocycles. The van der Waals surface area contributed by atoms with Gasteiger partial charge < -0.3 is 9.80 Å². The summed E-state index contributed by atoms with van der Waals surface area (Å²) in [4.78, 5) is 17.2. The van der Waals surface area contributed by atoms with Gasteiger partial charge in [0.05, 0.1) is 5.69 Å². The van der Waals surface area contributed by atoms with Gasteiger partial charge in [0, 0.05) is 37.3 Å². The van der Waals surface area contributed by atoms with Crippen molar-refractivity contribution in [3.05, 3.63) is 90.2 Å². The molecule has 2 heterocycles. The van der Waals surface area contributed by atoms with Crippen molar-refractivity contribution in [1.82, 2.24) is 15.1 Å². The number of aromatic nitrogens is 2. The summed E-state index contributed by atoms with van der Waals surface area (Å²) >= 11 is 0. The summed E-state index contributed by atoms with van der Waals surface area (Å²) in [6.07, 6.45) is 0. The van der Waals surface area contributed by atoms with E-state index in [1.54, 1.807) is 12.1 Å². The van der Waals surface area contributed by atoms with Crippen molar-refractivity contribution >= 4 is 22.5 Å². The van der Waals surface area contributed by atoms with E-state index < -0.39 is 0 Å². The second-order valence-electron chi connectivity index (χ2n) is 7.59. The fourth-order valence-electron chi connectivity index (χ4n) is 3.99. The van der Waals surface area contributed by atoms with Crippen LogP contribution in [0.1, 0.15) is 10.4 Å². The lowest BCUT2D eigenvalue weighted by Gasteiger charge is -2.35. The quantitative estimate of drug-likeness (QED) is 0.501. The van der Waals surface area contributed by atoms with Gasteiger partial charge in [-0.3, -0.25) is 4.79 Å². The maximum atomic E-state index is 13.1. The predicted octanol–water partition coefficient (Wildman–Crippen LogP) is 4.40. The highest BCUT2D eigenvalue weighted by atomic mass is 19.1. The molecule has 0 spiro atoms. The summed E-state index contributed by atoms with van der Waals surface area (Å²) in [7, 11) is 0. The van der Waals surface area contributed by atoms with E-state index >= 15 is 0 Å². The number of carbonyl (C=O) groups is 1. The fourth-order valence-corrected chi connectivity index (χ4v) is 3.99. The van der Waals surface area contributed by atoms with Crippen molar-refractivity contribution in [1.29, 1.82) is 0 Å². The van der Waals surface area contributed by atoms with E-state index in [-0.39, 0.29) is 11.7 Å². The molecule has 1 fully saturated rings. The largest absolute Gasteiger partial charge is 0.352 e. The smallest absolute Gasteiger partial charge is 0.254 e. The number of rotatable bonds is 3. The first-order chi connectivity index (χ1) is 15.2. The predicted molar refractivity (Wildman–Crippen MR) is 119 cm³/mol. The number of anilines is 1. The Morgan fingerprint density at radius 3 is 2.26 bits per heavy atom. The minimum Gasteiger partial charge on any atom is -0.352 e. The summed E-state index contributed by atoms with van der Waals surface area (Å²) in [6.45, 7) is 2.65. The van der Waals surface area contributed by atoms with Crippen molar-refractivity contribution in [2.75, 3.05) is 31.1 Å². The molecule has 1 aliphatic rings. The maximum absolute atomic E-state index is 13.1. The summed E-state index contributed by atoms with van der Waals surface area (Å²) in [5, 5.41) is 10.7. The zero-order valence-corrected chi connectivity index (χ0v) is 16.9. The lowest BCUT2D eigenvalue weighted by Crippen LogP contribution is -2.49. The van der Waals surface area contributed by atoms with E-state index in [0.29, 0.717) is 31.9 Å². The van der Waals surface area contributed by atoms with Crippen LogP contribution in [0.5, 0.6) is 0 Å².